The third kappa shape index (κ3) is 11.3. The van der Waals surface area contributed by atoms with E-state index in [1.54, 1.807) is 0 Å². The van der Waals surface area contributed by atoms with Crippen molar-refractivity contribution in [3.8, 4) is 55.6 Å². The summed E-state index contributed by atoms with van der Waals surface area (Å²) in [7, 11) is 0. The molecule has 0 aliphatic heterocycles. The van der Waals surface area contributed by atoms with E-state index in [2.05, 4.69) is 434 Å². The first-order valence-electron chi connectivity index (χ1n) is 39.1. The Hall–Kier alpha value is -14.7. The van der Waals surface area contributed by atoms with Crippen LogP contribution in [0.25, 0.3) is 184 Å². The Labute approximate surface area is 663 Å². The van der Waals surface area contributed by atoms with Gasteiger partial charge < -0.3 is 14.2 Å². The molecule has 0 amide bonds. The van der Waals surface area contributed by atoms with E-state index in [1.807, 2.05) is 11.3 Å². The molecule has 0 N–H and O–H groups in total. The lowest BCUT2D eigenvalue weighted by molar-refractivity contribution is 0.671. The SMILES string of the molecule is c1cc(-c2cc3ccccc3c3ccccc23)cc(N(c2ccc(-c3cccc4c3sc3ccccc34)cc2)c2cc3ccccc3c3ccccc23)c1.c1ccc(-c2cccc3c2oc2c(-c4ccc(N(c5cccc(-c6cc7ccccc7c7ccccc67)c5)c5cc6ccccc6c6ccccc56)cc4)cccc23)cc1. The van der Waals surface area contributed by atoms with Crippen molar-refractivity contribution in [2.75, 3.05) is 9.80 Å². The molecule has 0 radical (unpaired) electrons. The molecule has 23 aromatic rings. The van der Waals surface area contributed by atoms with Crippen molar-refractivity contribution in [3.05, 3.63) is 425 Å². The molecule has 2 heterocycles. The molecule has 114 heavy (non-hydrogen) atoms. The first-order chi connectivity index (χ1) is 56.5. The van der Waals surface area contributed by atoms with Crippen LogP contribution in [0.2, 0.25) is 0 Å². The number of benzene rings is 21. The number of anilines is 6. The molecule has 3 nitrogen and oxygen atoms in total. The Morgan fingerprint density at radius 1 is 0.175 bits per heavy atom. The predicted molar refractivity (Wildman–Crippen MR) is 490 cm³/mol. The fourth-order valence-corrected chi connectivity index (χ4v) is 19.2. The molecule has 23 rings (SSSR count). The average Bonchev–Trinajstić information content (AvgIpc) is 1.63. The van der Waals surface area contributed by atoms with Gasteiger partial charge in [0.2, 0.25) is 0 Å². The van der Waals surface area contributed by atoms with Gasteiger partial charge in [-0.3, -0.25) is 0 Å². The van der Waals surface area contributed by atoms with Crippen LogP contribution in [0.4, 0.5) is 34.1 Å². The van der Waals surface area contributed by atoms with Gasteiger partial charge >= 0.3 is 0 Å². The number of thiophene rings is 1. The Kier molecular flexibility index (Phi) is 16.1. The summed E-state index contributed by atoms with van der Waals surface area (Å²) in [6.07, 6.45) is 0. The quantitative estimate of drug-likeness (QED) is 0.120. The maximum absolute atomic E-state index is 6.83. The normalized spacial score (nSPS) is 11.7. The predicted octanol–water partition coefficient (Wildman–Crippen LogP) is 32.1. The Morgan fingerprint density at radius 3 is 0.947 bits per heavy atom. The van der Waals surface area contributed by atoms with E-state index in [-0.39, 0.29) is 0 Å². The number of furan rings is 1. The average molecular weight is 1470 g/mol. The summed E-state index contributed by atoms with van der Waals surface area (Å²) >= 11 is 1.88. The summed E-state index contributed by atoms with van der Waals surface area (Å²) in [5.74, 6) is 0. The minimum Gasteiger partial charge on any atom is -0.455 e. The summed E-state index contributed by atoms with van der Waals surface area (Å²) in [4.78, 5) is 4.88. The molecule has 532 valence electrons. The van der Waals surface area contributed by atoms with Crippen LogP contribution in [0.3, 0.4) is 0 Å². The van der Waals surface area contributed by atoms with Crippen molar-refractivity contribution in [2.24, 2.45) is 0 Å². The van der Waals surface area contributed by atoms with E-state index in [4.69, 9.17) is 4.42 Å². The molecule has 0 bridgehead atoms. The lowest BCUT2D eigenvalue weighted by atomic mass is 9.93. The van der Waals surface area contributed by atoms with Crippen molar-refractivity contribution in [1.29, 1.82) is 0 Å². The summed E-state index contributed by atoms with van der Waals surface area (Å²) < 4.78 is 9.49. The topological polar surface area (TPSA) is 19.6 Å². The number of fused-ring (bicyclic) bond motifs is 18. The molecule has 0 saturated heterocycles. The lowest BCUT2D eigenvalue weighted by Gasteiger charge is -2.28. The molecule has 0 spiro atoms. The molecule has 0 fully saturated rings. The van der Waals surface area contributed by atoms with Crippen molar-refractivity contribution in [1.82, 2.24) is 0 Å². The van der Waals surface area contributed by atoms with Crippen LogP contribution in [-0.4, -0.2) is 0 Å². The zero-order valence-corrected chi connectivity index (χ0v) is 62.9. The molecule has 0 aliphatic carbocycles. The van der Waals surface area contributed by atoms with Crippen LogP contribution in [0.5, 0.6) is 0 Å². The van der Waals surface area contributed by atoms with Crippen LogP contribution in [-0.2, 0) is 0 Å². The van der Waals surface area contributed by atoms with Gasteiger partial charge in [0.05, 0.1) is 11.4 Å². The number of hydrogen-bond donors (Lipinski definition) is 0. The smallest absolute Gasteiger partial charge is 0.143 e. The van der Waals surface area contributed by atoms with Crippen molar-refractivity contribution in [3.63, 3.8) is 0 Å². The second-order valence-electron chi connectivity index (χ2n) is 29.7. The van der Waals surface area contributed by atoms with Gasteiger partial charge in [0.25, 0.3) is 0 Å². The number of rotatable bonds is 11. The standard InChI is InChI=1S/C58H37NO.C52H33NS/c1-2-15-38(16-3-1)47-27-13-29-53-54-30-14-28-48(58(54)60-57(47)53)39-31-33-43(34-32-39)59(56-37-42-18-5-7-22-46(42)50-24-10-11-26-52(50)56)44-20-12-19-40(35-44)55-36-41-17-4-6-21-45(41)49-23-8-9-25-51(49)55;1-3-17-40-36(13-1)32-49(45-21-6-5-19-43(40)45)35-15-11-16-39(31-35)53(50-33-37-14-2-4-18-41(37)44-20-7-8-22-46(44)50)38-29-27-34(28-30-38)42-24-12-25-48-47-23-9-10-26-51(47)54-52(42)48/h1-37H;1-33H. The molecule has 21 aromatic carbocycles. The molecule has 0 aliphatic rings. The highest BCUT2D eigenvalue weighted by molar-refractivity contribution is 7.26. The minimum atomic E-state index is 0.899. The van der Waals surface area contributed by atoms with Crippen LogP contribution in [0.15, 0.2) is 429 Å². The van der Waals surface area contributed by atoms with Crippen LogP contribution in [0, 0.1) is 0 Å². The van der Waals surface area contributed by atoms with E-state index in [9.17, 15) is 0 Å². The van der Waals surface area contributed by atoms with Gasteiger partial charge in [0, 0.05) is 75.6 Å². The van der Waals surface area contributed by atoms with E-state index < -0.39 is 0 Å². The Balaban J connectivity index is 0.000000140. The molecule has 2 aromatic heterocycles. The number of para-hydroxylation sites is 2. The molecular weight excluding hydrogens is 1400 g/mol. The van der Waals surface area contributed by atoms with Gasteiger partial charge in [-0.1, -0.05) is 346 Å². The van der Waals surface area contributed by atoms with Crippen LogP contribution in [0.1, 0.15) is 0 Å². The van der Waals surface area contributed by atoms with Crippen molar-refractivity contribution >= 4 is 174 Å². The van der Waals surface area contributed by atoms with Gasteiger partial charge in [0.15, 0.2) is 0 Å². The van der Waals surface area contributed by atoms with E-state index in [0.29, 0.717) is 0 Å². The monoisotopic (exact) mass is 1470 g/mol. The minimum absolute atomic E-state index is 0.899. The maximum atomic E-state index is 6.83. The van der Waals surface area contributed by atoms with E-state index in [1.165, 1.54) is 140 Å². The fraction of sp³-hybridized carbons (Fsp3) is 0. The largest absolute Gasteiger partial charge is 0.455 e. The first kappa shape index (κ1) is 66.3. The van der Waals surface area contributed by atoms with E-state index in [0.717, 1.165) is 78.3 Å². The summed E-state index contributed by atoms with van der Waals surface area (Å²) in [5.41, 5.74) is 20.2. The van der Waals surface area contributed by atoms with E-state index >= 15 is 0 Å². The van der Waals surface area contributed by atoms with Gasteiger partial charge in [-0.15, -0.1) is 11.3 Å². The highest BCUT2D eigenvalue weighted by Crippen LogP contribution is 2.50. The maximum Gasteiger partial charge on any atom is 0.143 e. The third-order valence-corrected chi connectivity index (χ3v) is 24.4. The third-order valence-electron chi connectivity index (χ3n) is 23.2. The summed E-state index contributed by atoms with van der Waals surface area (Å²) in [5, 5.41) is 24.8. The zero-order valence-electron chi connectivity index (χ0n) is 62.1. The van der Waals surface area contributed by atoms with Gasteiger partial charge in [-0.25, -0.2) is 0 Å². The van der Waals surface area contributed by atoms with Crippen LogP contribution >= 0.6 is 11.3 Å². The summed E-state index contributed by atoms with van der Waals surface area (Å²) in [6, 6.07) is 155. The second kappa shape index (κ2) is 27.7. The van der Waals surface area contributed by atoms with Crippen molar-refractivity contribution in [2.45, 2.75) is 0 Å². The fourth-order valence-electron chi connectivity index (χ4n) is 18.0. The van der Waals surface area contributed by atoms with Crippen molar-refractivity contribution < 1.29 is 4.42 Å². The lowest BCUT2D eigenvalue weighted by Crippen LogP contribution is -2.11. The summed E-state index contributed by atoms with van der Waals surface area (Å²) in [6.45, 7) is 0. The number of hydrogen-bond acceptors (Lipinski definition) is 4. The highest BCUT2D eigenvalue weighted by Gasteiger charge is 2.24. The molecular formula is C110H70N2OS. The first-order valence-corrected chi connectivity index (χ1v) is 39.9. The second-order valence-corrected chi connectivity index (χ2v) is 30.7. The Morgan fingerprint density at radius 2 is 0.491 bits per heavy atom. The number of nitrogens with zero attached hydrogens (tertiary/aromatic N) is 2. The molecule has 0 unspecified atom stereocenters. The Bertz CT molecular complexity index is 7750. The van der Waals surface area contributed by atoms with Gasteiger partial charge in [0.1, 0.15) is 11.2 Å². The van der Waals surface area contributed by atoms with Crippen LogP contribution < -0.4 is 9.80 Å². The van der Waals surface area contributed by atoms with Gasteiger partial charge in [-0.2, -0.15) is 0 Å². The molecule has 0 saturated carbocycles. The van der Waals surface area contributed by atoms with Gasteiger partial charge in [-0.05, 0) is 199 Å². The highest BCUT2D eigenvalue weighted by atomic mass is 32.1. The molecule has 0 atom stereocenters. The zero-order chi connectivity index (χ0) is 75.2. The molecule has 4 heteroatoms.